The summed E-state index contributed by atoms with van der Waals surface area (Å²) in [5.41, 5.74) is 1.20. The molecule has 0 aliphatic carbocycles. The van der Waals surface area contributed by atoms with E-state index in [9.17, 15) is 9.59 Å². The SMILES string of the molecule is CC(=O)SCC1CC(=O)N(Cc2ccsc2)C1. The lowest BCUT2D eigenvalue weighted by Crippen LogP contribution is -2.24. The lowest BCUT2D eigenvalue weighted by molar-refractivity contribution is -0.128. The van der Waals surface area contributed by atoms with Gasteiger partial charge < -0.3 is 4.90 Å². The summed E-state index contributed by atoms with van der Waals surface area (Å²) in [5, 5.41) is 4.23. The zero-order valence-corrected chi connectivity index (χ0v) is 11.4. The van der Waals surface area contributed by atoms with Crippen molar-refractivity contribution in [2.24, 2.45) is 5.92 Å². The predicted octanol–water partition coefficient (Wildman–Crippen LogP) is 2.38. The molecule has 1 aromatic heterocycles. The quantitative estimate of drug-likeness (QED) is 0.842. The lowest BCUT2D eigenvalue weighted by atomic mass is 10.1. The molecule has 0 bridgehead atoms. The third-order valence-corrected chi connectivity index (χ3v) is 4.55. The van der Waals surface area contributed by atoms with Gasteiger partial charge in [0.25, 0.3) is 0 Å². The van der Waals surface area contributed by atoms with E-state index in [1.165, 1.54) is 17.3 Å². The van der Waals surface area contributed by atoms with E-state index in [0.29, 0.717) is 18.9 Å². The highest BCUT2D eigenvalue weighted by Crippen LogP contribution is 2.24. The fourth-order valence-corrected chi connectivity index (χ4v) is 3.31. The first-order valence-electron chi connectivity index (χ1n) is 5.57. The molecule has 3 nitrogen and oxygen atoms in total. The number of rotatable bonds is 4. The lowest BCUT2D eigenvalue weighted by Gasteiger charge is -2.15. The summed E-state index contributed by atoms with van der Waals surface area (Å²) in [6, 6.07) is 2.05. The Morgan fingerprint density at radius 1 is 1.65 bits per heavy atom. The van der Waals surface area contributed by atoms with Crippen LogP contribution in [0.3, 0.4) is 0 Å². The molecule has 1 fully saturated rings. The van der Waals surface area contributed by atoms with Gasteiger partial charge in [0.1, 0.15) is 0 Å². The summed E-state index contributed by atoms with van der Waals surface area (Å²) in [6.07, 6.45) is 0.588. The van der Waals surface area contributed by atoms with Crippen molar-refractivity contribution in [2.75, 3.05) is 12.3 Å². The van der Waals surface area contributed by atoms with Gasteiger partial charge in [-0.25, -0.2) is 0 Å². The Balaban J connectivity index is 1.85. The Morgan fingerprint density at radius 2 is 2.47 bits per heavy atom. The first-order chi connectivity index (χ1) is 8.15. The van der Waals surface area contributed by atoms with Crippen LogP contribution in [0.2, 0.25) is 0 Å². The number of thiophene rings is 1. The number of hydrogen-bond acceptors (Lipinski definition) is 4. The van der Waals surface area contributed by atoms with E-state index in [0.717, 1.165) is 12.3 Å². The molecule has 1 unspecified atom stereocenters. The summed E-state index contributed by atoms with van der Waals surface area (Å²) < 4.78 is 0. The molecule has 1 atom stereocenters. The van der Waals surface area contributed by atoms with Crippen LogP contribution < -0.4 is 0 Å². The van der Waals surface area contributed by atoms with E-state index >= 15 is 0 Å². The first-order valence-corrected chi connectivity index (χ1v) is 7.50. The van der Waals surface area contributed by atoms with Crippen molar-refractivity contribution < 1.29 is 9.59 Å². The molecule has 1 saturated heterocycles. The Morgan fingerprint density at radius 3 is 3.12 bits per heavy atom. The van der Waals surface area contributed by atoms with Crippen molar-refractivity contribution in [2.45, 2.75) is 19.9 Å². The zero-order valence-electron chi connectivity index (χ0n) is 9.72. The molecule has 17 heavy (non-hydrogen) atoms. The minimum atomic E-state index is 0.133. The van der Waals surface area contributed by atoms with Gasteiger partial charge >= 0.3 is 0 Å². The topological polar surface area (TPSA) is 37.4 Å². The highest BCUT2D eigenvalue weighted by molar-refractivity contribution is 8.13. The fourth-order valence-electron chi connectivity index (χ4n) is 1.96. The van der Waals surface area contributed by atoms with Gasteiger partial charge in [-0.1, -0.05) is 11.8 Å². The van der Waals surface area contributed by atoms with Crippen molar-refractivity contribution in [3.63, 3.8) is 0 Å². The van der Waals surface area contributed by atoms with E-state index in [2.05, 4.69) is 11.4 Å². The van der Waals surface area contributed by atoms with Crippen LogP contribution >= 0.6 is 23.1 Å². The molecule has 1 aromatic rings. The number of carbonyl (C=O) groups excluding carboxylic acids is 2. The maximum atomic E-state index is 11.8. The number of likely N-dealkylation sites (tertiary alicyclic amines) is 1. The van der Waals surface area contributed by atoms with Crippen LogP contribution in [0.5, 0.6) is 0 Å². The summed E-state index contributed by atoms with van der Waals surface area (Å²) in [7, 11) is 0. The number of hydrogen-bond donors (Lipinski definition) is 0. The molecule has 0 N–H and O–H groups in total. The third kappa shape index (κ3) is 3.57. The molecule has 5 heteroatoms. The van der Waals surface area contributed by atoms with Gasteiger partial charge in [-0.15, -0.1) is 0 Å². The minimum absolute atomic E-state index is 0.133. The molecule has 1 amide bonds. The maximum Gasteiger partial charge on any atom is 0.223 e. The molecule has 0 radical (unpaired) electrons. The minimum Gasteiger partial charge on any atom is -0.338 e. The molecule has 0 saturated carbocycles. The molecule has 1 aliphatic heterocycles. The van der Waals surface area contributed by atoms with E-state index in [-0.39, 0.29) is 11.0 Å². The third-order valence-electron chi connectivity index (χ3n) is 2.77. The first kappa shape index (κ1) is 12.6. The van der Waals surface area contributed by atoms with Crippen LogP contribution in [0.25, 0.3) is 0 Å². The molecule has 92 valence electrons. The Kier molecular flexibility index (Phi) is 4.23. The second-order valence-electron chi connectivity index (χ2n) is 4.28. The zero-order chi connectivity index (χ0) is 12.3. The number of nitrogens with zero attached hydrogens (tertiary/aromatic N) is 1. The largest absolute Gasteiger partial charge is 0.338 e. The molecular formula is C12H15NO2S2. The standard InChI is InChI=1S/C12H15NO2S2/c1-9(14)17-8-11-4-12(15)13(6-11)5-10-2-3-16-7-10/h2-3,7,11H,4-6,8H2,1H3. The smallest absolute Gasteiger partial charge is 0.223 e. The van der Waals surface area contributed by atoms with Gasteiger partial charge in [-0.2, -0.15) is 11.3 Å². The second kappa shape index (κ2) is 5.69. The van der Waals surface area contributed by atoms with Gasteiger partial charge in [0.15, 0.2) is 5.12 Å². The van der Waals surface area contributed by atoms with Crippen molar-refractivity contribution in [1.29, 1.82) is 0 Å². The van der Waals surface area contributed by atoms with Crippen molar-refractivity contribution in [3.05, 3.63) is 22.4 Å². The molecule has 0 aromatic carbocycles. The number of amides is 1. The molecule has 0 spiro atoms. The number of carbonyl (C=O) groups is 2. The van der Waals surface area contributed by atoms with Crippen molar-refractivity contribution >= 4 is 34.1 Å². The Bertz CT molecular complexity index is 403. The molecule has 2 rings (SSSR count). The van der Waals surface area contributed by atoms with Crippen molar-refractivity contribution in [3.8, 4) is 0 Å². The molecular weight excluding hydrogens is 254 g/mol. The highest BCUT2D eigenvalue weighted by atomic mass is 32.2. The van der Waals surface area contributed by atoms with Crippen LogP contribution in [-0.4, -0.2) is 28.2 Å². The summed E-state index contributed by atoms with van der Waals surface area (Å²) in [5.74, 6) is 1.31. The highest BCUT2D eigenvalue weighted by Gasteiger charge is 2.29. The van der Waals surface area contributed by atoms with Crippen LogP contribution in [0, 0.1) is 5.92 Å². The number of thioether (sulfide) groups is 1. The van der Waals surface area contributed by atoms with Gasteiger partial charge in [-0.3, -0.25) is 9.59 Å². The average molecular weight is 269 g/mol. The predicted molar refractivity (Wildman–Crippen MR) is 71.0 cm³/mol. The summed E-state index contributed by atoms with van der Waals surface area (Å²) in [6.45, 7) is 3.07. The maximum absolute atomic E-state index is 11.8. The van der Waals surface area contributed by atoms with Crippen LogP contribution in [0.4, 0.5) is 0 Å². The van der Waals surface area contributed by atoms with Crippen LogP contribution in [-0.2, 0) is 16.1 Å². The second-order valence-corrected chi connectivity index (χ2v) is 6.26. The van der Waals surface area contributed by atoms with Gasteiger partial charge in [0.2, 0.25) is 5.91 Å². The molecule has 1 aliphatic rings. The van der Waals surface area contributed by atoms with Crippen LogP contribution in [0.15, 0.2) is 16.8 Å². The van der Waals surface area contributed by atoms with Gasteiger partial charge in [0, 0.05) is 32.2 Å². The van der Waals surface area contributed by atoms with E-state index < -0.39 is 0 Å². The fraction of sp³-hybridized carbons (Fsp3) is 0.500. The average Bonchev–Trinajstić information content (AvgIpc) is 2.87. The van der Waals surface area contributed by atoms with E-state index in [4.69, 9.17) is 0 Å². The summed E-state index contributed by atoms with van der Waals surface area (Å²) >= 11 is 2.98. The van der Waals surface area contributed by atoms with Gasteiger partial charge in [-0.05, 0) is 28.3 Å². The monoisotopic (exact) mass is 269 g/mol. The Labute approximate surface area is 109 Å². The normalized spacial score (nSPS) is 19.9. The summed E-state index contributed by atoms with van der Waals surface area (Å²) in [4.78, 5) is 24.6. The van der Waals surface area contributed by atoms with Gasteiger partial charge in [0.05, 0.1) is 0 Å². The molecule has 2 heterocycles. The van der Waals surface area contributed by atoms with Crippen molar-refractivity contribution in [1.82, 2.24) is 4.90 Å². The van der Waals surface area contributed by atoms with E-state index in [1.54, 1.807) is 18.3 Å². The van der Waals surface area contributed by atoms with Crippen LogP contribution in [0.1, 0.15) is 18.9 Å². The van der Waals surface area contributed by atoms with E-state index in [1.807, 2.05) is 10.3 Å². The Hall–Kier alpha value is -0.810.